The number of alkyl halides is 3. The Labute approximate surface area is 110 Å². The van der Waals surface area contributed by atoms with Crippen molar-refractivity contribution >= 4 is 5.82 Å². The summed E-state index contributed by atoms with van der Waals surface area (Å²) >= 11 is 0. The minimum absolute atomic E-state index is 0.0515. The average molecular weight is 273 g/mol. The molecule has 0 saturated heterocycles. The van der Waals surface area contributed by atoms with Gasteiger partial charge in [-0.1, -0.05) is 6.07 Å². The van der Waals surface area contributed by atoms with E-state index in [1.165, 1.54) is 6.07 Å². The predicted octanol–water partition coefficient (Wildman–Crippen LogP) is 3.00. The number of pyridine rings is 1. The van der Waals surface area contributed by atoms with Crippen molar-refractivity contribution in [3.05, 3.63) is 23.9 Å². The van der Waals surface area contributed by atoms with Crippen LogP contribution in [0.3, 0.4) is 0 Å². The topological polar surface area (TPSA) is 28.2 Å². The Bertz CT molecular complexity index is 439. The van der Waals surface area contributed by atoms with Crippen molar-refractivity contribution in [2.24, 2.45) is 0 Å². The predicted molar refractivity (Wildman–Crippen MR) is 68.0 cm³/mol. The molecular weight excluding hydrogens is 255 g/mol. The van der Waals surface area contributed by atoms with Crippen molar-refractivity contribution in [1.82, 2.24) is 9.88 Å². The Hall–Kier alpha value is -1.30. The summed E-state index contributed by atoms with van der Waals surface area (Å²) < 4.78 is 37.6. The summed E-state index contributed by atoms with van der Waals surface area (Å²) in [5.41, 5.74) is -0.805. The zero-order valence-corrected chi connectivity index (χ0v) is 11.1. The number of halogens is 3. The molecule has 0 unspecified atom stereocenters. The van der Waals surface area contributed by atoms with Gasteiger partial charge in [0.05, 0.1) is 0 Å². The Morgan fingerprint density at radius 2 is 2.00 bits per heavy atom. The standard InChI is InChI=1S/C13H18F3N3/c1-19(2)12(7-4-8-12)9-17-11-6-3-5-10(18-11)13(14,15)16/h3,5-6H,4,7-9H2,1-2H3,(H,17,18). The fraction of sp³-hybridized carbons (Fsp3) is 0.615. The molecule has 1 N–H and O–H groups in total. The van der Waals surface area contributed by atoms with Gasteiger partial charge in [0.15, 0.2) is 0 Å². The number of nitrogens with one attached hydrogen (secondary N) is 1. The smallest absolute Gasteiger partial charge is 0.368 e. The van der Waals surface area contributed by atoms with Crippen molar-refractivity contribution < 1.29 is 13.2 Å². The van der Waals surface area contributed by atoms with Crippen molar-refractivity contribution in [1.29, 1.82) is 0 Å². The molecule has 6 heteroatoms. The number of hydrogen-bond acceptors (Lipinski definition) is 3. The van der Waals surface area contributed by atoms with Gasteiger partial charge in [-0.15, -0.1) is 0 Å². The lowest BCUT2D eigenvalue weighted by Crippen LogP contribution is -2.54. The van der Waals surface area contributed by atoms with Gasteiger partial charge in [0.1, 0.15) is 11.5 Å². The second-order valence-electron chi connectivity index (χ2n) is 5.23. The van der Waals surface area contributed by atoms with Gasteiger partial charge >= 0.3 is 6.18 Å². The number of hydrogen-bond donors (Lipinski definition) is 1. The minimum atomic E-state index is -4.40. The lowest BCUT2D eigenvalue weighted by Gasteiger charge is -2.47. The first-order valence-electron chi connectivity index (χ1n) is 6.29. The Kier molecular flexibility index (Phi) is 3.71. The molecule has 0 atom stereocenters. The summed E-state index contributed by atoms with van der Waals surface area (Å²) in [6.45, 7) is 0.619. The number of anilines is 1. The first-order chi connectivity index (χ1) is 8.83. The van der Waals surface area contributed by atoms with Crippen LogP contribution in [0, 0.1) is 0 Å². The van der Waals surface area contributed by atoms with Crippen molar-refractivity contribution in [2.45, 2.75) is 31.0 Å². The van der Waals surface area contributed by atoms with Crippen LogP contribution in [0.15, 0.2) is 18.2 Å². The summed E-state index contributed by atoms with van der Waals surface area (Å²) in [5, 5.41) is 3.03. The van der Waals surface area contributed by atoms with Gasteiger partial charge < -0.3 is 10.2 Å². The lowest BCUT2D eigenvalue weighted by atomic mass is 9.75. The van der Waals surface area contributed by atoms with Crippen molar-refractivity contribution in [3.63, 3.8) is 0 Å². The normalized spacial score (nSPS) is 18.2. The van der Waals surface area contributed by atoms with Gasteiger partial charge in [-0.2, -0.15) is 13.2 Å². The van der Waals surface area contributed by atoms with E-state index in [2.05, 4.69) is 15.2 Å². The third-order valence-corrected chi connectivity index (χ3v) is 3.87. The van der Waals surface area contributed by atoms with Crippen LogP contribution in [0.5, 0.6) is 0 Å². The van der Waals surface area contributed by atoms with E-state index in [0.29, 0.717) is 6.54 Å². The van der Waals surface area contributed by atoms with Gasteiger partial charge in [-0.3, -0.25) is 0 Å². The minimum Gasteiger partial charge on any atom is -0.368 e. The van der Waals surface area contributed by atoms with E-state index in [9.17, 15) is 13.2 Å². The zero-order valence-electron chi connectivity index (χ0n) is 11.1. The number of aromatic nitrogens is 1. The van der Waals surface area contributed by atoms with Crippen LogP contribution in [-0.2, 0) is 6.18 Å². The Balaban J connectivity index is 2.04. The summed E-state index contributed by atoms with van der Waals surface area (Å²) in [4.78, 5) is 5.75. The molecular formula is C13H18F3N3. The monoisotopic (exact) mass is 273 g/mol. The highest BCUT2D eigenvalue weighted by Crippen LogP contribution is 2.36. The van der Waals surface area contributed by atoms with E-state index in [1.54, 1.807) is 6.07 Å². The molecule has 106 valence electrons. The van der Waals surface area contributed by atoms with E-state index in [-0.39, 0.29) is 11.4 Å². The fourth-order valence-electron chi connectivity index (χ4n) is 2.31. The molecule has 2 rings (SSSR count). The molecule has 0 bridgehead atoms. The Morgan fingerprint density at radius 3 is 2.47 bits per heavy atom. The van der Waals surface area contributed by atoms with Crippen LogP contribution >= 0.6 is 0 Å². The highest BCUT2D eigenvalue weighted by Gasteiger charge is 2.39. The molecule has 1 aromatic heterocycles. The maximum Gasteiger partial charge on any atom is 0.433 e. The average Bonchev–Trinajstić information content (AvgIpc) is 2.26. The number of likely N-dealkylation sites (N-methyl/N-ethyl adjacent to an activating group) is 1. The summed E-state index contributed by atoms with van der Waals surface area (Å²) in [6, 6.07) is 3.93. The molecule has 3 nitrogen and oxygen atoms in total. The molecule has 0 radical (unpaired) electrons. The first kappa shape index (κ1) is 14.1. The molecule has 1 aliphatic rings. The second-order valence-corrected chi connectivity index (χ2v) is 5.23. The van der Waals surface area contributed by atoms with Gasteiger partial charge in [0.25, 0.3) is 0 Å². The molecule has 1 saturated carbocycles. The van der Waals surface area contributed by atoms with E-state index in [0.717, 1.165) is 25.3 Å². The van der Waals surface area contributed by atoms with Crippen LogP contribution in [0.2, 0.25) is 0 Å². The largest absolute Gasteiger partial charge is 0.433 e. The SMILES string of the molecule is CN(C)C1(CNc2cccc(C(F)(F)F)n2)CCC1. The van der Waals surface area contributed by atoms with Gasteiger partial charge in [0.2, 0.25) is 0 Å². The van der Waals surface area contributed by atoms with Crippen LogP contribution < -0.4 is 5.32 Å². The van der Waals surface area contributed by atoms with E-state index < -0.39 is 11.9 Å². The van der Waals surface area contributed by atoms with E-state index in [1.807, 2.05) is 14.1 Å². The highest BCUT2D eigenvalue weighted by molar-refractivity contribution is 5.36. The van der Waals surface area contributed by atoms with E-state index in [4.69, 9.17) is 0 Å². The molecule has 1 aliphatic carbocycles. The van der Waals surface area contributed by atoms with Gasteiger partial charge in [0, 0.05) is 12.1 Å². The number of rotatable bonds is 4. The maximum absolute atomic E-state index is 12.5. The second kappa shape index (κ2) is 5.00. The highest BCUT2D eigenvalue weighted by atomic mass is 19.4. The molecule has 0 aromatic carbocycles. The molecule has 19 heavy (non-hydrogen) atoms. The molecule has 1 heterocycles. The van der Waals surface area contributed by atoms with Crippen LogP contribution in [0.4, 0.5) is 19.0 Å². The maximum atomic E-state index is 12.5. The van der Waals surface area contributed by atoms with Crippen LogP contribution in [0.25, 0.3) is 0 Å². The number of nitrogens with zero attached hydrogens (tertiary/aromatic N) is 2. The summed E-state index contributed by atoms with van der Waals surface area (Å²) in [5.74, 6) is 0.281. The van der Waals surface area contributed by atoms with Crippen molar-refractivity contribution in [3.8, 4) is 0 Å². The molecule has 0 aliphatic heterocycles. The lowest BCUT2D eigenvalue weighted by molar-refractivity contribution is -0.141. The van der Waals surface area contributed by atoms with Crippen LogP contribution in [-0.4, -0.2) is 36.1 Å². The zero-order chi connectivity index (χ0) is 14.1. The third-order valence-electron chi connectivity index (χ3n) is 3.87. The van der Waals surface area contributed by atoms with Crippen molar-refractivity contribution in [2.75, 3.05) is 26.0 Å². The summed E-state index contributed by atoms with van der Waals surface area (Å²) in [6.07, 6.45) is -1.11. The molecule has 0 spiro atoms. The first-order valence-corrected chi connectivity index (χ1v) is 6.29. The fourth-order valence-corrected chi connectivity index (χ4v) is 2.31. The molecule has 1 aromatic rings. The third kappa shape index (κ3) is 3.00. The molecule has 0 amide bonds. The van der Waals surface area contributed by atoms with Gasteiger partial charge in [-0.05, 0) is 45.5 Å². The summed E-state index contributed by atoms with van der Waals surface area (Å²) in [7, 11) is 4.00. The quantitative estimate of drug-likeness (QED) is 0.914. The van der Waals surface area contributed by atoms with Gasteiger partial charge in [-0.25, -0.2) is 4.98 Å². The van der Waals surface area contributed by atoms with Crippen LogP contribution in [0.1, 0.15) is 25.0 Å². The van der Waals surface area contributed by atoms with E-state index >= 15 is 0 Å². The Morgan fingerprint density at radius 1 is 1.32 bits per heavy atom. The molecule has 1 fully saturated rings.